The van der Waals surface area contributed by atoms with Crippen LogP contribution in [0.2, 0.25) is 0 Å². The second kappa shape index (κ2) is 11.1. The summed E-state index contributed by atoms with van der Waals surface area (Å²) in [6.45, 7) is 5.15. The maximum absolute atomic E-state index is 5.62. The molecule has 2 aromatic carbocycles. The summed E-state index contributed by atoms with van der Waals surface area (Å²) in [5.41, 5.74) is 2.20. The fourth-order valence-corrected chi connectivity index (χ4v) is 2.68. The summed E-state index contributed by atoms with van der Waals surface area (Å²) in [4.78, 5) is 6.56. The van der Waals surface area contributed by atoms with Crippen LogP contribution in [-0.4, -0.2) is 51.8 Å². The summed E-state index contributed by atoms with van der Waals surface area (Å²) in [6.07, 6.45) is 0. The van der Waals surface area contributed by atoms with Crippen LogP contribution in [0.15, 0.2) is 53.5 Å². The molecule has 2 N–H and O–H groups in total. The van der Waals surface area contributed by atoms with Crippen molar-refractivity contribution in [2.24, 2.45) is 4.99 Å². The molecule has 0 aliphatic rings. The number of ether oxygens (including phenoxy) is 2. The standard InChI is InChI=1S/C21H30N4O2/c1-5-27-20-15-18(11-12-19(20)26-4)24-21(22-2)23-13-14-25(3)16-17-9-7-6-8-10-17/h6-12,15H,5,13-14,16H2,1-4H3,(H2,22,23,24). The van der Waals surface area contributed by atoms with Crippen molar-refractivity contribution in [2.45, 2.75) is 13.5 Å². The van der Waals surface area contributed by atoms with Crippen molar-refractivity contribution in [3.05, 3.63) is 54.1 Å². The largest absolute Gasteiger partial charge is 0.493 e. The summed E-state index contributed by atoms with van der Waals surface area (Å²) in [7, 11) is 5.51. The number of methoxy groups -OCH3 is 1. The summed E-state index contributed by atoms with van der Waals surface area (Å²) < 4.78 is 10.9. The monoisotopic (exact) mass is 370 g/mol. The minimum atomic E-state index is 0.584. The second-order valence-corrected chi connectivity index (χ2v) is 6.15. The molecule has 0 spiro atoms. The molecule has 146 valence electrons. The second-order valence-electron chi connectivity index (χ2n) is 6.15. The first kappa shape index (κ1) is 20.6. The number of benzene rings is 2. The molecule has 0 fully saturated rings. The molecule has 6 nitrogen and oxygen atoms in total. The number of aliphatic imine (C=N–C) groups is 1. The maximum atomic E-state index is 5.62. The van der Waals surface area contributed by atoms with Crippen molar-refractivity contribution < 1.29 is 9.47 Å². The van der Waals surface area contributed by atoms with Crippen molar-refractivity contribution in [2.75, 3.05) is 46.2 Å². The lowest BCUT2D eigenvalue weighted by Crippen LogP contribution is -2.36. The zero-order valence-electron chi connectivity index (χ0n) is 16.7. The number of likely N-dealkylation sites (N-methyl/N-ethyl adjacent to an activating group) is 1. The average molecular weight is 370 g/mol. The molecule has 0 aromatic heterocycles. The Kier molecular flexibility index (Phi) is 8.45. The normalized spacial score (nSPS) is 11.4. The van der Waals surface area contributed by atoms with Gasteiger partial charge in [0.1, 0.15) is 0 Å². The predicted octanol–water partition coefficient (Wildman–Crippen LogP) is 3.21. The van der Waals surface area contributed by atoms with Gasteiger partial charge in [0.15, 0.2) is 17.5 Å². The van der Waals surface area contributed by atoms with Gasteiger partial charge in [-0.05, 0) is 31.7 Å². The van der Waals surface area contributed by atoms with E-state index in [1.165, 1.54) is 5.56 Å². The number of rotatable bonds is 9. The Morgan fingerprint density at radius 2 is 1.89 bits per heavy atom. The van der Waals surface area contributed by atoms with Gasteiger partial charge in [-0.3, -0.25) is 4.99 Å². The van der Waals surface area contributed by atoms with E-state index in [0.717, 1.165) is 31.3 Å². The zero-order valence-corrected chi connectivity index (χ0v) is 16.7. The van der Waals surface area contributed by atoms with Crippen LogP contribution < -0.4 is 20.1 Å². The first-order valence-corrected chi connectivity index (χ1v) is 9.17. The Bertz CT molecular complexity index is 719. The van der Waals surface area contributed by atoms with Gasteiger partial charge in [0.2, 0.25) is 0 Å². The van der Waals surface area contributed by atoms with Gasteiger partial charge in [-0.2, -0.15) is 0 Å². The molecule has 0 aliphatic carbocycles. The van der Waals surface area contributed by atoms with E-state index in [1.54, 1.807) is 14.2 Å². The zero-order chi connectivity index (χ0) is 19.5. The molecule has 0 aliphatic heterocycles. The molecule has 0 atom stereocenters. The third-order valence-corrected chi connectivity index (χ3v) is 4.03. The van der Waals surface area contributed by atoms with Crippen LogP contribution in [0.4, 0.5) is 5.69 Å². The fourth-order valence-electron chi connectivity index (χ4n) is 2.68. The smallest absolute Gasteiger partial charge is 0.195 e. The van der Waals surface area contributed by atoms with Crippen molar-refractivity contribution in [3.63, 3.8) is 0 Å². The van der Waals surface area contributed by atoms with Gasteiger partial charge in [-0.1, -0.05) is 30.3 Å². The molecule has 2 aromatic rings. The van der Waals surface area contributed by atoms with E-state index in [9.17, 15) is 0 Å². The van der Waals surface area contributed by atoms with Crippen LogP contribution in [0.3, 0.4) is 0 Å². The lowest BCUT2D eigenvalue weighted by Gasteiger charge is -2.19. The van der Waals surface area contributed by atoms with E-state index >= 15 is 0 Å². The Morgan fingerprint density at radius 1 is 1.11 bits per heavy atom. The van der Waals surface area contributed by atoms with Gasteiger partial charge in [-0.15, -0.1) is 0 Å². The molecule has 0 heterocycles. The number of hydrogen-bond acceptors (Lipinski definition) is 4. The highest BCUT2D eigenvalue weighted by Crippen LogP contribution is 2.30. The minimum Gasteiger partial charge on any atom is -0.493 e. The molecule has 0 saturated heterocycles. The van der Waals surface area contributed by atoms with E-state index in [2.05, 4.69) is 51.8 Å². The van der Waals surface area contributed by atoms with Crippen LogP contribution in [0.25, 0.3) is 0 Å². The third kappa shape index (κ3) is 6.83. The number of guanidine groups is 1. The Hall–Kier alpha value is -2.73. The highest BCUT2D eigenvalue weighted by Gasteiger charge is 2.07. The summed E-state index contributed by atoms with van der Waals surface area (Å²) in [5.74, 6) is 2.15. The Labute approximate surface area is 162 Å². The van der Waals surface area contributed by atoms with Gasteiger partial charge in [0.05, 0.1) is 13.7 Å². The number of nitrogens with zero attached hydrogens (tertiary/aromatic N) is 2. The van der Waals surface area contributed by atoms with Crippen molar-refractivity contribution in [3.8, 4) is 11.5 Å². The van der Waals surface area contributed by atoms with Crippen LogP contribution in [0, 0.1) is 0 Å². The lowest BCUT2D eigenvalue weighted by molar-refractivity contribution is 0.311. The molecule has 0 radical (unpaired) electrons. The Morgan fingerprint density at radius 3 is 2.56 bits per heavy atom. The highest BCUT2D eigenvalue weighted by molar-refractivity contribution is 5.93. The predicted molar refractivity (Wildman–Crippen MR) is 112 cm³/mol. The Balaban J connectivity index is 1.84. The first-order valence-electron chi connectivity index (χ1n) is 9.17. The summed E-state index contributed by atoms with van der Waals surface area (Å²) in [6, 6.07) is 16.2. The van der Waals surface area contributed by atoms with Crippen molar-refractivity contribution in [1.82, 2.24) is 10.2 Å². The third-order valence-electron chi connectivity index (χ3n) is 4.03. The van der Waals surface area contributed by atoms with E-state index in [1.807, 2.05) is 31.2 Å². The van der Waals surface area contributed by atoms with E-state index in [-0.39, 0.29) is 0 Å². The summed E-state index contributed by atoms with van der Waals surface area (Å²) >= 11 is 0. The molecular weight excluding hydrogens is 340 g/mol. The van der Waals surface area contributed by atoms with Gasteiger partial charge in [0, 0.05) is 38.4 Å². The molecule has 27 heavy (non-hydrogen) atoms. The average Bonchev–Trinajstić information content (AvgIpc) is 2.68. The fraction of sp³-hybridized carbons (Fsp3) is 0.381. The first-order chi connectivity index (χ1) is 13.2. The summed E-state index contributed by atoms with van der Waals surface area (Å²) in [5, 5.41) is 6.63. The molecular formula is C21H30N4O2. The van der Waals surface area contributed by atoms with Gasteiger partial charge in [-0.25, -0.2) is 0 Å². The van der Waals surface area contributed by atoms with Crippen LogP contribution in [0.5, 0.6) is 11.5 Å². The molecule has 2 rings (SSSR count). The van der Waals surface area contributed by atoms with E-state index in [0.29, 0.717) is 18.1 Å². The van der Waals surface area contributed by atoms with Crippen LogP contribution >= 0.6 is 0 Å². The van der Waals surface area contributed by atoms with Crippen LogP contribution in [-0.2, 0) is 6.54 Å². The molecule has 0 saturated carbocycles. The quantitative estimate of drug-likeness (QED) is 0.524. The maximum Gasteiger partial charge on any atom is 0.195 e. The molecule has 6 heteroatoms. The van der Waals surface area contributed by atoms with Gasteiger partial charge < -0.3 is 25.0 Å². The van der Waals surface area contributed by atoms with Crippen LogP contribution in [0.1, 0.15) is 12.5 Å². The van der Waals surface area contributed by atoms with Crippen molar-refractivity contribution >= 4 is 11.6 Å². The number of hydrogen-bond donors (Lipinski definition) is 2. The molecule has 0 unspecified atom stereocenters. The minimum absolute atomic E-state index is 0.584. The lowest BCUT2D eigenvalue weighted by atomic mass is 10.2. The van der Waals surface area contributed by atoms with E-state index < -0.39 is 0 Å². The van der Waals surface area contributed by atoms with Gasteiger partial charge >= 0.3 is 0 Å². The topological polar surface area (TPSA) is 58.1 Å². The molecule has 0 bridgehead atoms. The number of anilines is 1. The highest BCUT2D eigenvalue weighted by atomic mass is 16.5. The van der Waals surface area contributed by atoms with Gasteiger partial charge in [0.25, 0.3) is 0 Å². The number of nitrogens with one attached hydrogen (secondary N) is 2. The molecule has 0 amide bonds. The van der Waals surface area contributed by atoms with E-state index in [4.69, 9.17) is 9.47 Å². The van der Waals surface area contributed by atoms with Crippen molar-refractivity contribution in [1.29, 1.82) is 0 Å². The SMILES string of the molecule is CCOc1cc(NC(=NC)NCCN(C)Cc2ccccc2)ccc1OC.